The summed E-state index contributed by atoms with van der Waals surface area (Å²) in [7, 11) is 0. The van der Waals surface area contributed by atoms with Gasteiger partial charge in [-0.1, -0.05) is 32.9 Å². The predicted molar refractivity (Wildman–Crippen MR) is 74.2 cm³/mol. The number of nitrogens with two attached hydrogens (primary N) is 1. The summed E-state index contributed by atoms with van der Waals surface area (Å²) in [5, 5.41) is 0. The zero-order chi connectivity index (χ0) is 13.2. The summed E-state index contributed by atoms with van der Waals surface area (Å²) < 4.78 is 5.59. The molecule has 0 radical (unpaired) electrons. The molecule has 0 spiro atoms. The van der Waals surface area contributed by atoms with Crippen LogP contribution in [0.4, 0.5) is 0 Å². The smallest absolute Gasteiger partial charge is 0.119 e. The van der Waals surface area contributed by atoms with Crippen molar-refractivity contribution in [2.24, 2.45) is 17.2 Å². The van der Waals surface area contributed by atoms with Gasteiger partial charge in [0.2, 0.25) is 0 Å². The highest BCUT2D eigenvalue weighted by molar-refractivity contribution is 5.30. The van der Waals surface area contributed by atoms with E-state index >= 15 is 0 Å². The van der Waals surface area contributed by atoms with Crippen molar-refractivity contribution in [2.75, 3.05) is 6.61 Å². The zero-order valence-corrected chi connectivity index (χ0v) is 11.6. The van der Waals surface area contributed by atoms with E-state index in [1.54, 1.807) is 0 Å². The summed E-state index contributed by atoms with van der Waals surface area (Å²) in [5.41, 5.74) is 4.62. The minimum atomic E-state index is 0.250. The fourth-order valence-electron chi connectivity index (χ4n) is 2.51. The Morgan fingerprint density at radius 3 is 2.44 bits per heavy atom. The molecule has 1 aromatic rings. The molecule has 18 heavy (non-hydrogen) atoms. The van der Waals surface area contributed by atoms with Crippen molar-refractivity contribution in [2.45, 2.75) is 39.7 Å². The third-order valence-electron chi connectivity index (χ3n) is 3.88. The lowest BCUT2D eigenvalue weighted by atomic mass is 9.97. The molecule has 1 saturated carbocycles. The number of hydrogen-bond acceptors (Lipinski definition) is 3. The zero-order valence-electron chi connectivity index (χ0n) is 11.6. The Morgan fingerprint density at radius 2 is 2.00 bits per heavy atom. The molecule has 2 rings (SSSR count). The van der Waals surface area contributed by atoms with Gasteiger partial charge in [0.15, 0.2) is 0 Å². The Labute approximate surface area is 110 Å². The van der Waals surface area contributed by atoms with Crippen molar-refractivity contribution >= 4 is 0 Å². The minimum Gasteiger partial charge on any atom is -0.494 e. The highest BCUT2D eigenvalue weighted by atomic mass is 16.5. The molecule has 2 atom stereocenters. The van der Waals surface area contributed by atoms with Gasteiger partial charge in [-0.25, -0.2) is 0 Å². The van der Waals surface area contributed by atoms with Crippen LogP contribution >= 0.6 is 0 Å². The van der Waals surface area contributed by atoms with Gasteiger partial charge in [-0.05, 0) is 41.9 Å². The van der Waals surface area contributed by atoms with Crippen molar-refractivity contribution in [1.29, 1.82) is 0 Å². The van der Waals surface area contributed by atoms with Crippen molar-refractivity contribution < 1.29 is 4.74 Å². The van der Waals surface area contributed by atoms with E-state index in [1.807, 2.05) is 12.1 Å². The first kappa shape index (κ1) is 13.4. The first-order valence-electron chi connectivity index (χ1n) is 6.77. The monoisotopic (exact) mass is 248 g/mol. The first-order chi connectivity index (χ1) is 8.58. The van der Waals surface area contributed by atoms with E-state index in [0.29, 0.717) is 11.3 Å². The Balaban J connectivity index is 2.03. The molecule has 3 N–H and O–H groups in total. The van der Waals surface area contributed by atoms with E-state index in [-0.39, 0.29) is 6.04 Å². The number of nitrogens with one attached hydrogen (secondary N) is 1. The minimum absolute atomic E-state index is 0.250. The van der Waals surface area contributed by atoms with Gasteiger partial charge in [0.05, 0.1) is 6.61 Å². The Kier molecular flexibility index (Phi) is 3.93. The van der Waals surface area contributed by atoms with E-state index in [2.05, 4.69) is 38.3 Å². The summed E-state index contributed by atoms with van der Waals surface area (Å²) in [6, 6.07) is 8.55. The molecule has 3 heteroatoms. The molecular formula is C15H24N2O. The number of hydrogen-bond donors (Lipinski definition) is 2. The normalized spacial score (nSPS) is 22.6. The predicted octanol–water partition coefficient (Wildman–Crippen LogP) is 3.03. The lowest BCUT2D eigenvalue weighted by Crippen LogP contribution is -2.30. The number of hydrazine groups is 1. The van der Waals surface area contributed by atoms with Crippen molar-refractivity contribution in [3.63, 3.8) is 0 Å². The average molecular weight is 248 g/mol. The average Bonchev–Trinajstić information content (AvgIpc) is 2.98. The van der Waals surface area contributed by atoms with Crippen LogP contribution in [0.25, 0.3) is 0 Å². The third-order valence-corrected chi connectivity index (χ3v) is 3.88. The molecule has 1 fully saturated rings. The fraction of sp³-hybridized carbons (Fsp3) is 0.600. The lowest BCUT2D eigenvalue weighted by Gasteiger charge is -2.18. The third kappa shape index (κ3) is 2.85. The number of benzene rings is 1. The molecular weight excluding hydrogens is 224 g/mol. The van der Waals surface area contributed by atoms with Gasteiger partial charge >= 0.3 is 0 Å². The second-order valence-electron chi connectivity index (χ2n) is 5.86. The van der Waals surface area contributed by atoms with Crippen molar-refractivity contribution in [3.8, 4) is 5.75 Å². The van der Waals surface area contributed by atoms with E-state index in [9.17, 15) is 0 Å². The van der Waals surface area contributed by atoms with Crippen LogP contribution in [-0.4, -0.2) is 6.61 Å². The molecule has 2 unspecified atom stereocenters. The topological polar surface area (TPSA) is 47.3 Å². The van der Waals surface area contributed by atoms with Gasteiger partial charge < -0.3 is 4.74 Å². The van der Waals surface area contributed by atoms with Gasteiger partial charge in [0.25, 0.3) is 0 Å². The first-order valence-corrected chi connectivity index (χ1v) is 6.77. The molecule has 0 saturated heterocycles. The van der Waals surface area contributed by atoms with Crippen LogP contribution in [0, 0.1) is 11.3 Å². The molecule has 3 nitrogen and oxygen atoms in total. The summed E-state index contributed by atoms with van der Waals surface area (Å²) in [5.74, 6) is 7.27. The second kappa shape index (κ2) is 5.29. The van der Waals surface area contributed by atoms with Crippen LogP contribution in [0.5, 0.6) is 5.75 Å². The Morgan fingerprint density at radius 1 is 1.39 bits per heavy atom. The molecule has 1 aliphatic rings. The fourth-order valence-corrected chi connectivity index (χ4v) is 2.51. The molecule has 0 heterocycles. The molecule has 1 aromatic carbocycles. The van der Waals surface area contributed by atoms with E-state index in [4.69, 9.17) is 10.6 Å². The van der Waals surface area contributed by atoms with Crippen LogP contribution in [0.2, 0.25) is 0 Å². The largest absolute Gasteiger partial charge is 0.494 e. The maximum absolute atomic E-state index is 5.70. The summed E-state index contributed by atoms with van der Waals surface area (Å²) in [6.07, 6.45) is 2.26. The number of ether oxygens (including phenoxy) is 1. The van der Waals surface area contributed by atoms with E-state index in [1.165, 1.54) is 12.0 Å². The van der Waals surface area contributed by atoms with Gasteiger partial charge in [0.1, 0.15) is 5.75 Å². The van der Waals surface area contributed by atoms with Crippen LogP contribution in [0.15, 0.2) is 24.3 Å². The Hall–Kier alpha value is -1.06. The second-order valence-corrected chi connectivity index (χ2v) is 5.86. The van der Waals surface area contributed by atoms with E-state index in [0.717, 1.165) is 18.8 Å². The van der Waals surface area contributed by atoms with Gasteiger partial charge in [0, 0.05) is 6.04 Å². The summed E-state index contributed by atoms with van der Waals surface area (Å²) in [6.45, 7) is 7.47. The van der Waals surface area contributed by atoms with Crippen LogP contribution in [-0.2, 0) is 0 Å². The van der Waals surface area contributed by atoms with Gasteiger partial charge in [-0.15, -0.1) is 0 Å². The highest BCUT2D eigenvalue weighted by Crippen LogP contribution is 2.57. The summed E-state index contributed by atoms with van der Waals surface area (Å²) >= 11 is 0. The molecule has 0 aliphatic heterocycles. The SMILES string of the molecule is CCCOc1ccc(C(NN)C2CC2(C)C)cc1. The maximum Gasteiger partial charge on any atom is 0.119 e. The molecule has 0 aromatic heterocycles. The highest BCUT2D eigenvalue weighted by Gasteiger charge is 2.50. The van der Waals surface area contributed by atoms with Crippen LogP contribution in [0.1, 0.15) is 45.2 Å². The molecule has 0 amide bonds. The molecule has 1 aliphatic carbocycles. The Bertz CT molecular complexity index is 386. The van der Waals surface area contributed by atoms with Crippen LogP contribution in [0.3, 0.4) is 0 Å². The maximum atomic E-state index is 5.70. The molecule has 0 bridgehead atoms. The standard InChI is InChI=1S/C15H24N2O/c1-4-9-18-12-7-5-11(6-8-12)14(17-16)13-10-15(13,2)3/h5-8,13-14,17H,4,9-10,16H2,1-3H3. The quantitative estimate of drug-likeness (QED) is 0.601. The summed E-state index contributed by atoms with van der Waals surface area (Å²) in [4.78, 5) is 0. The lowest BCUT2D eigenvalue weighted by molar-refractivity contribution is 0.317. The van der Waals surface area contributed by atoms with Crippen molar-refractivity contribution in [3.05, 3.63) is 29.8 Å². The number of rotatable bonds is 6. The van der Waals surface area contributed by atoms with Crippen LogP contribution < -0.4 is 16.0 Å². The van der Waals surface area contributed by atoms with Gasteiger partial charge in [-0.3, -0.25) is 11.3 Å². The van der Waals surface area contributed by atoms with E-state index < -0.39 is 0 Å². The van der Waals surface area contributed by atoms with Gasteiger partial charge in [-0.2, -0.15) is 0 Å². The van der Waals surface area contributed by atoms with Crippen molar-refractivity contribution in [1.82, 2.24) is 5.43 Å². The molecule has 100 valence electrons.